The lowest BCUT2D eigenvalue weighted by atomic mass is 9.99. The molecule has 3 heterocycles. The van der Waals surface area contributed by atoms with Crippen molar-refractivity contribution in [2.75, 3.05) is 14.2 Å². The van der Waals surface area contributed by atoms with E-state index in [0.717, 1.165) is 0 Å². The first-order valence-corrected chi connectivity index (χ1v) is 7.98. The number of hydrogen-bond acceptors (Lipinski definition) is 8. The fourth-order valence-electron chi connectivity index (χ4n) is 2.75. The third kappa shape index (κ3) is 2.43. The second-order valence-corrected chi connectivity index (χ2v) is 6.16. The zero-order chi connectivity index (χ0) is 17.4. The molecule has 126 valence electrons. The number of ether oxygens (including phenoxy) is 2. The Morgan fingerprint density at radius 3 is 2.54 bits per heavy atom. The molecule has 7 nitrogen and oxygen atoms in total. The molecule has 8 heteroatoms. The number of furan rings is 1. The number of rotatable bonds is 3. The zero-order valence-electron chi connectivity index (χ0n) is 13.7. The standard InChI is InChI=1S/C16H16N2O5S/c1-8-11(14(19)21-3)12(10-6-5-7-23-10)18-9(2)13(15(20)22-4)24-16(18)17-8/h5-7,12H,1-4H3/t12-/m1/s1. The van der Waals surface area contributed by atoms with Gasteiger partial charge in [0.25, 0.3) is 0 Å². The van der Waals surface area contributed by atoms with Crippen molar-refractivity contribution in [1.29, 1.82) is 0 Å². The highest BCUT2D eigenvalue weighted by Gasteiger charge is 2.44. The Morgan fingerprint density at radius 2 is 1.96 bits per heavy atom. The van der Waals surface area contributed by atoms with Crippen molar-refractivity contribution >= 4 is 28.9 Å². The zero-order valence-corrected chi connectivity index (χ0v) is 14.5. The fraction of sp³-hybridized carbons (Fsp3) is 0.312. The average Bonchev–Trinajstić information content (AvgIpc) is 3.21. The summed E-state index contributed by atoms with van der Waals surface area (Å²) in [5, 5.41) is 0.597. The first-order chi connectivity index (χ1) is 11.5. The number of carbonyl (C=O) groups excluding carboxylic acids is 2. The minimum Gasteiger partial charge on any atom is -0.467 e. The van der Waals surface area contributed by atoms with Gasteiger partial charge in [-0.2, -0.15) is 0 Å². The highest BCUT2D eigenvalue weighted by molar-refractivity contribution is 8.18. The van der Waals surface area contributed by atoms with Crippen LogP contribution >= 0.6 is 11.8 Å². The van der Waals surface area contributed by atoms with Crippen LogP contribution in [0.1, 0.15) is 25.6 Å². The maximum atomic E-state index is 12.3. The summed E-state index contributed by atoms with van der Waals surface area (Å²) in [6.07, 6.45) is 1.54. The van der Waals surface area contributed by atoms with E-state index in [-0.39, 0.29) is 0 Å². The number of amidine groups is 1. The smallest absolute Gasteiger partial charge is 0.346 e. The van der Waals surface area contributed by atoms with Crippen molar-refractivity contribution in [3.05, 3.63) is 46.0 Å². The van der Waals surface area contributed by atoms with Crippen LogP contribution in [0.5, 0.6) is 0 Å². The number of methoxy groups -OCH3 is 2. The van der Waals surface area contributed by atoms with E-state index in [1.54, 1.807) is 30.9 Å². The van der Waals surface area contributed by atoms with Gasteiger partial charge in [0.15, 0.2) is 5.17 Å². The SMILES string of the molecule is COC(=O)C1=C(C)N2C(=NC(C)=C(C(=O)OC)[C@H]2c2ccco2)S1. The van der Waals surface area contributed by atoms with Crippen molar-refractivity contribution in [2.45, 2.75) is 19.9 Å². The van der Waals surface area contributed by atoms with Gasteiger partial charge in [-0.25, -0.2) is 14.6 Å². The monoisotopic (exact) mass is 348 g/mol. The Hall–Kier alpha value is -2.48. The summed E-state index contributed by atoms with van der Waals surface area (Å²) >= 11 is 1.21. The predicted octanol–water partition coefficient (Wildman–Crippen LogP) is 2.59. The van der Waals surface area contributed by atoms with Crippen molar-refractivity contribution in [3.63, 3.8) is 0 Å². The van der Waals surface area contributed by atoms with Gasteiger partial charge in [0, 0.05) is 5.70 Å². The van der Waals surface area contributed by atoms with Crippen molar-refractivity contribution in [3.8, 4) is 0 Å². The molecule has 0 unspecified atom stereocenters. The van der Waals surface area contributed by atoms with Crippen LogP contribution in [-0.2, 0) is 19.1 Å². The molecule has 0 fully saturated rings. The molecule has 1 aromatic heterocycles. The summed E-state index contributed by atoms with van der Waals surface area (Å²) in [6, 6.07) is 2.97. The molecule has 24 heavy (non-hydrogen) atoms. The molecule has 0 aliphatic carbocycles. The van der Waals surface area contributed by atoms with Crippen LogP contribution < -0.4 is 0 Å². The van der Waals surface area contributed by atoms with Crippen molar-refractivity contribution < 1.29 is 23.5 Å². The van der Waals surface area contributed by atoms with E-state index in [9.17, 15) is 9.59 Å². The molecule has 0 saturated carbocycles. The van der Waals surface area contributed by atoms with Gasteiger partial charge in [0.2, 0.25) is 0 Å². The Labute approximate surface area is 143 Å². The van der Waals surface area contributed by atoms with Crippen LogP contribution in [0.3, 0.4) is 0 Å². The summed E-state index contributed by atoms with van der Waals surface area (Å²) in [6.45, 7) is 3.52. The maximum Gasteiger partial charge on any atom is 0.346 e. The molecular formula is C16H16N2O5S. The van der Waals surface area contributed by atoms with Gasteiger partial charge in [-0.3, -0.25) is 0 Å². The van der Waals surface area contributed by atoms with E-state index in [1.807, 2.05) is 0 Å². The number of thioether (sulfide) groups is 1. The van der Waals surface area contributed by atoms with Gasteiger partial charge in [0.05, 0.1) is 31.8 Å². The van der Waals surface area contributed by atoms with E-state index < -0.39 is 18.0 Å². The Kier molecular flexibility index (Phi) is 4.23. The quantitative estimate of drug-likeness (QED) is 0.777. The molecule has 3 rings (SSSR count). The van der Waals surface area contributed by atoms with Gasteiger partial charge in [-0.1, -0.05) is 0 Å². The van der Waals surface area contributed by atoms with Crippen LogP contribution in [0.4, 0.5) is 0 Å². The van der Waals surface area contributed by atoms with Gasteiger partial charge >= 0.3 is 11.9 Å². The minimum absolute atomic E-state index is 0.377. The average molecular weight is 348 g/mol. The molecule has 1 atom stereocenters. The third-order valence-electron chi connectivity index (χ3n) is 3.86. The maximum absolute atomic E-state index is 12.3. The second-order valence-electron chi connectivity index (χ2n) is 5.18. The molecule has 0 N–H and O–H groups in total. The number of nitrogens with zero attached hydrogens (tertiary/aromatic N) is 2. The lowest BCUT2D eigenvalue weighted by molar-refractivity contribution is -0.137. The lowest BCUT2D eigenvalue weighted by Gasteiger charge is -2.33. The third-order valence-corrected chi connectivity index (χ3v) is 5.00. The molecule has 0 bridgehead atoms. The van der Waals surface area contributed by atoms with E-state index in [0.29, 0.717) is 32.8 Å². The van der Waals surface area contributed by atoms with Crippen molar-refractivity contribution in [2.24, 2.45) is 4.99 Å². The van der Waals surface area contributed by atoms with E-state index in [4.69, 9.17) is 13.9 Å². The van der Waals surface area contributed by atoms with Gasteiger partial charge < -0.3 is 18.8 Å². The summed E-state index contributed by atoms with van der Waals surface area (Å²) in [5.74, 6) is -0.362. The molecule has 0 radical (unpaired) electrons. The normalized spacial score (nSPS) is 20.1. The van der Waals surface area contributed by atoms with Crippen LogP contribution in [-0.4, -0.2) is 36.2 Å². The molecule has 0 amide bonds. The van der Waals surface area contributed by atoms with Gasteiger partial charge in [0.1, 0.15) is 16.7 Å². The van der Waals surface area contributed by atoms with Gasteiger partial charge in [-0.15, -0.1) is 0 Å². The lowest BCUT2D eigenvalue weighted by Crippen LogP contribution is -2.35. The largest absolute Gasteiger partial charge is 0.467 e. The summed E-state index contributed by atoms with van der Waals surface area (Å²) in [4.78, 5) is 31.0. The number of carbonyl (C=O) groups is 2. The first kappa shape index (κ1) is 16.4. The van der Waals surface area contributed by atoms with Crippen molar-refractivity contribution in [1.82, 2.24) is 4.90 Å². The summed E-state index contributed by atoms with van der Waals surface area (Å²) in [5.41, 5.74) is 1.56. The Morgan fingerprint density at radius 1 is 1.25 bits per heavy atom. The fourth-order valence-corrected chi connectivity index (χ4v) is 3.86. The molecule has 0 saturated heterocycles. The Balaban J connectivity index is 2.16. The van der Waals surface area contributed by atoms with Crippen LogP contribution in [0.15, 0.2) is 49.7 Å². The highest BCUT2D eigenvalue weighted by atomic mass is 32.2. The topological polar surface area (TPSA) is 81.3 Å². The van der Waals surface area contributed by atoms with E-state index in [1.165, 1.54) is 32.2 Å². The minimum atomic E-state index is -0.547. The molecule has 0 aromatic carbocycles. The number of esters is 2. The van der Waals surface area contributed by atoms with Crippen LogP contribution in [0.2, 0.25) is 0 Å². The van der Waals surface area contributed by atoms with Crippen LogP contribution in [0.25, 0.3) is 0 Å². The predicted molar refractivity (Wildman–Crippen MR) is 87.7 cm³/mol. The number of allylic oxidation sites excluding steroid dienone is 2. The summed E-state index contributed by atoms with van der Waals surface area (Å²) in [7, 11) is 2.65. The molecule has 2 aliphatic rings. The van der Waals surface area contributed by atoms with E-state index >= 15 is 0 Å². The van der Waals surface area contributed by atoms with E-state index in [2.05, 4.69) is 4.99 Å². The van der Waals surface area contributed by atoms with Crippen LogP contribution in [0, 0.1) is 0 Å². The summed E-state index contributed by atoms with van der Waals surface area (Å²) < 4.78 is 15.3. The first-order valence-electron chi connectivity index (χ1n) is 7.17. The Bertz CT molecular complexity index is 791. The molecular weight excluding hydrogens is 332 g/mol. The number of fused-ring (bicyclic) bond motifs is 1. The highest BCUT2D eigenvalue weighted by Crippen LogP contribution is 2.47. The number of aliphatic imine (C=N–C) groups is 1. The molecule has 0 spiro atoms. The second kappa shape index (κ2) is 6.20. The van der Waals surface area contributed by atoms with Gasteiger partial charge in [-0.05, 0) is 37.7 Å². The number of hydrogen-bond donors (Lipinski definition) is 0. The molecule has 1 aromatic rings. The molecule has 2 aliphatic heterocycles.